The quantitative estimate of drug-likeness (QED) is 0.645. The van der Waals surface area contributed by atoms with Crippen molar-refractivity contribution in [1.29, 1.82) is 0 Å². The molecule has 6 heteroatoms. The fourth-order valence-corrected chi connectivity index (χ4v) is 2.15. The molecule has 6 nitrogen and oxygen atoms in total. The second-order valence-corrected chi connectivity index (χ2v) is 4.83. The molecule has 2 rings (SSSR count). The van der Waals surface area contributed by atoms with Crippen LogP contribution in [-0.4, -0.2) is 27.8 Å². The first-order valence-corrected chi connectivity index (χ1v) is 6.96. The van der Waals surface area contributed by atoms with Crippen molar-refractivity contribution >= 4 is 11.6 Å². The number of hydrogen-bond donors (Lipinski definition) is 4. The summed E-state index contributed by atoms with van der Waals surface area (Å²) in [5.41, 5.74) is 8.07. The lowest BCUT2D eigenvalue weighted by Gasteiger charge is -2.16. The lowest BCUT2D eigenvalue weighted by molar-refractivity contribution is 0.0912. The molecular formula is C15H20N4O2. The number of benzene rings is 1. The van der Waals surface area contributed by atoms with Crippen LogP contribution in [0.5, 0.6) is 0 Å². The highest BCUT2D eigenvalue weighted by Gasteiger charge is 2.20. The molecule has 21 heavy (non-hydrogen) atoms. The zero-order chi connectivity index (χ0) is 15.2. The van der Waals surface area contributed by atoms with Crippen molar-refractivity contribution in [3.8, 4) is 0 Å². The first kappa shape index (κ1) is 15.1. The van der Waals surface area contributed by atoms with Gasteiger partial charge in [-0.1, -0.05) is 43.7 Å². The second kappa shape index (κ2) is 6.90. The summed E-state index contributed by atoms with van der Waals surface area (Å²) in [6, 6.07) is 8.79. The number of aryl methyl sites for hydroxylation is 1. The predicted octanol–water partition coefficient (Wildman–Crippen LogP) is 1.41. The maximum absolute atomic E-state index is 12.2. The van der Waals surface area contributed by atoms with Gasteiger partial charge < -0.3 is 16.2 Å². The highest BCUT2D eigenvalue weighted by atomic mass is 16.3. The molecule has 1 heterocycles. The summed E-state index contributed by atoms with van der Waals surface area (Å²) >= 11 is 0. The Bertz CT molecular complexity index is 595. The van der Waals surface area contributed by atoms with Crippen LogP contribution in [0.3, 0.4) is 0 Å². The molecule has 0 spiro atoms. The van der Waals surface area contributed by atoms with Crippen LogP contribution in [0, 0.1) is 0 Å². The Balaban J connectivity index is 2.13. The number of hydrogen-bond acceptors (Lipinski definition) is 4. The third-order valence-corrected chi connectivity index (χ3v) is 3.29. The molecule has 0 saturated heterocycles. The Kier molecular flexibility index (Phi) is 4.94. The number of anilines is 1. The van der Waals surface area contributed by atoms with E-state index in [1.807, 2.05) is 37.3 Å². The normalized spacial score (nSPS) is 12.1. The van der Waals surface area contributed by atoms with Crippen molar-refractivity contribution in [1.82, 2.24) is 15.5 Å². The molecule has 0 radical (unpaired) electrons. The number of carbonyl (C=O) groups excluding carboxylic acids is 1. The van der Waals surface area contributed by atoms with E-state index in [1.54, 1.807) is 0 Å². The van der Waals surface area contributed by atoms with E-state index in [0.717, 1.165) is 24.1 Å². The molecular weight excluding hydrogens is 268 g/mol. The van der Waals surface area contributed by atoms with E-state index in [-0.39, 0.29) is 12.3 Å². The van der Waals surface area contributed by atoms with Crippen molar-refractivity contribution < 1.29 is 9.90 Å². The van der Waals surface area contributed by atoms with Gasteiger partial charge in [-0.3, -0.25) is 9.89 Å². The molecule has 1 atom stereocenters. The highest BCUT2D eigenvalue weighted by Crippen LogP contribution is 2.18. The third-order valence-electron chi connectivity index (χ3n) is 3.29. The number of aliphatic hydroxyl groups is 1. The molecule has 2 aromatic rings. The standard InChI is InChI=1S/C15H20N4O2/c1-2-6-11-13(16)14(19-18-11)15(21)17-12(9-20)10-7-4-3-5-8-10/h3-5,7-8,12,20H,2,6,9,16H2,1H3,(H,17,21)(H,18,19)/t12-/m0/s1. The molecule has 5 N–H and O–H groups in total. The van der Waals surface area contributed by atoms with Gasteiger partial charge in [0, 0.05) is 0 Å². The number of aromatic nitrogens is 2. The van der Waals surface area contributed by atoms with E-state index >= 15 is 0 Å². The van der Waals surface area contributed by atoms with Gasteiger partial charge in [0.1, 0.15) is 0 Å². The summed E-state index contributed by atoms with van der Waals surface area (Å²) in [6.45, 7) is 1.83. The maximum atomic E-state index is 12.2. The maximum Gasteiger partial charge on any atom is 0.274 e. The number of H-pyrrole nitrogens is 1. The van der Waals surface area contributed by atoms with Crippen molar-refractivity contribution in [3.63, 3.8) is 0 Å². The number of nitrogen functional groups attached to an aromatic ring is 1. The van der Waals surface area contributed by atoms with Crippen molar-refractivity contribution in [2.75, 3.05) is 12.3 Å². The van der Waals surface area contributed by atoms with Crippen LogP contribution in [0.25, 0.3) is 0 Å². The number of nitrogens with one attached hydrogen (secondary N) is 2. The zero-order valence-corrected chi connectivity index (χ0v) is 12.0. The Morgan fingerprint density at radius 3 is 2.76 bits per heavy atom. The summed E-state index contributed by atoms with van der Waals surface area (Å²) < 4.78 is 0. The number of carbonyl (C=O) groups is 1. The van der Waals surface area contributed by atoms with Gasteiger partial charge in [0.05, 0.1) is 24.0 Å². The second-order valence-electron chi connectivity index (χ2n) is 4.83. The highest BCUT2D eigenvalue weighted by molar-refractivity contribution is 5.97. The summed E-state index contributed by atoms with van der Waals surface area (Å²) in [4.78, 5) is 12.2. The fourth-order valence-electron chi connectivity index (χ4n) is 2.15. The SMILES string of the molecule is CCCc1[nH]nc(C(=O)N[C@@H](CO)c2ccccc2)c1N. The van der Waals surface area contributed by atoms with Crippen molar-refractivity contribution in [3.05, 3.63) is 47.3 Å². The molecule has 0 aliphatic rings. The molecule has 1 aromatic heterocycles. The largest absolute Gasteiger partial charge is 0.395 e. The van der Waals surface area contributed by atoms with Crippen LogP contribution in [0.4, 0.5) is 5.69 Å². The van der Waals surface area contributed by atoms with E-state index < -0.39 is 11.9 Å². The van der Waals surface area contributed by atoms with Crippen LogP contribution >= 0.6 is 0 Å². The molecule has 0 bridgehead atoms. The van der Waals surface area contributed by atoms with Crippen LogP contribution in [0.2, 0.25) is 0 Å². The average Bonchev–Trinajstić information content (AvgIpc) is 2.87. The molecule has 112 valence electrons. The monoisotopic (exact) mass is 288 g/mol. The Morgan fingerprint density at radius 1 is 1.43 bits per heavy atom. The molecule has 0 aliphatic heterocycles. The Morgan fingerprint density at radius 2 is 2.14 bits per heavy atom. The summed E-state index contributed by atoms with van der Waals surface area (Å²) in [6.07, 6.45) is 1.66. The van der Waals surface area contributed by atoms with Crippen molar-refractivity contribution in [2.45, 2.75) is 25.8 Å². The van der Waals surface area contributed by atoms with Crippen molar-refractivity contribution in [2.24, 2.45) is 0 Å². The average molecular weight is 288 g/mol. The number of rotatable bonds is 6. The van der Waals surface area contributed by atoms with Gasteiger partial charge in [0.2, 0.25) is 0 Å². The summed E-state index contributed by atoms with van der Waals surface area (Å²) in [5.74, 6) is -0.394. The minimum absolute atomic E-state index is 0.174. The number of aromatic amines is 1. The van der Waals surface area contributed by atoms with E-state index in [0.29, 0.717) is 5.69 Å². The van der Waals surface area contributed by atoms with Crippen LogP contribution in [0.15, 0.2) is 30.3 Å². The van der Waals surface area contributed by atoms with Gasteiger partial charge in [0.25, 0.3) is 5.91 Å². The third kappa shape index (κ3) is 3.41. The molecule has 0 saturated carbocycles. The number of nitrogens with zero attached hydrogens (tertiary/aromatic N) is 1. The fraction of sp³-hybridized carbons (Fsp3) is 0.333. The molecule has 0 aliphatic carbocycles. The molecule has 0 unspecified atom stereocenters. The molecule has 0 fully saturated rings. The summed E-state index contributed by atoms with van der Waals surface area (Å²) in [7, 11) is 0. The number of aliphatic hydroxyl groups excluding tert-OH is 1. The Labute approximate surface area is 123 Å². The minimum atomic E-state index is -0.482. The lowest BCUT2D eigenvalue weighted by atomic mass is 10.1. The van der Waals surface area contributed by atoms with E-state index in [2.05, 4.69) is 15.5 Å². The molecule has 1 amide bonds. The number of nitrogens with two attached hydrogens (primary N) is 1. The topological polar surface area (TPSA) is 104 Å². The first-order valence-electron chi connectivity index (χ1n) is 6.96. The number of amides is 1. The molecule has 1 aromatic carbocycles. The zero-order valence-electron chi connectivity index (χ0n) is 12.0. The van der Waals surface area contributed by atoms with Gasteiger partial charge >= 0.3 is 0 Å². The van der Waals surface area contributed by atoms with Crippen LogP contribution in [-0.2, 0) is 6.42 Å². The van der Waals surface area contributed by atoms with Crippen LogP contribution < -0.4 is 11.1 Å². The Hall–Kier alpha value is -2.34. The van der Waals surface area contributed by atoms with Gasteiger partial charge in [-0.25, -0.2) is 0 Å². The van der Waals surface area contributed by atoms with E-state index in [4.69, 9.17) is 5.73 Å². The summed E-state index contributed by atoms with van der Waals surface area (Å²) in [5, 5.41) is 19.0. The van der Waals surface area contributed by atoms with Gasteiger partial charge in [-0.05, 0) is 12.0 Å². The van der Waals surface area contributed by atoms with E-state index in [9.17, 15) is 9.90 Å². The van der Waals surface area contributed by atoms with Gasteiger partial charge in [-0.15, -0.1) is 0 Å². The lowest BCUT2D eigenvalue weighted by Crippen LogP contribution is -2.31. The van der Waals surface area contributed by atoms with Gasteiger partial charge in [0.15, 0.2) is 5.69 Å². The van der Waals surface area contributed by atoms with E-state index in [1.165, 1.54) is 0 Å². The van der Waals surface area contributed by atoms with Crippen LogP contribution in [0.1, 0.15) is 41.1 Å². The first-order chi connectivity index (χ1) is 10.2. The van der Waals surface area contributed by atoms with Gasteiger partial charge in [-0.2, -0.15) is 5.10 Å². The minimum Gasteiger partial charge on any atom is -0.395 e. The predicted molar refractivity (Wildman–Crippen MR) is 80.7 cm³/mol. The smallest absolute Gasteiger partial charge is 0.274 e.